The predicted molar refractivity (Wildman–Crippen MR) is 54.5 cm³/mol. The van der Waals surface area contributed by atoms with E-state index in [1.807, 2.05) is 0 Å². The summed E-state index contributed by atoms with van der Waals surface area (Å²) in [5.74, 6) is 0. The zero-order chi connectivity index (χ0) is 11.5. The summed E-state index contributed by atoms with van der Waals surface area (Å²) in [5, 5.41) is 8.78. The zero-order valence-corrected chi connectivity index (χ0v) is 9.35. The summed E-state index contributed by atoms with van der Waals surface area (Å²) >= 11 is 3.22. The van der Waals surface area contributed by atoms with E-state index in [2.05, 4.69) is 15.9 Å². The molecular weight excluding hydrogens is 273 g/mol. The van der Waals surface area contributed by atoms with Crippen LogP contribution in [-0.4, -0.2) is 17.4 Å². The molecule has 1 rings (SSSR count). The van der Waals surface area contributed by atoms with E-state index in [-0.39, 0.29) is 12.8 Å². The van der Waals surface area contributed by atoms with Crippen LogP contribution in [0.1, 0.15) is 12.0 Å². The highest BCUT2D eigenvalue weighted by Gasteiger charge is 2.37. The van der Waals surface area contributed by atoms with Crippen molar-refractivity contribution in [1.29, 1.82) is 0 Å². The molecule has 1 atom stereocenters. The van der Waals surface area contributed by atoms with Gasteiger partial charge in [-0.2, -0.15) is 13.2 Å². The number of hydrogen-bond acceptors (Lipinski definition) is 1. The lowest BCUT2D eigenvalue weighted by Crippen LogP contribution is -2.28. The maximum atomic E-state index is 12.0. The Hall–Kier alpha value is -0.550. The van der Waals surface area contributed by atoms with E-state index < -0.39 is 12.3 Å². The summed E-state index contributed by atoms with van der Waals surface area (Å²) < 4.78 is 36.7. The Labute approximate surface area is 94.0 Å². The third-order valence-corrected chi connectivity index (χ3v) is 2.47. The van der Waals surface area contributed by atoms with Gasteiger partial charge in [-0.3, -0.25) is 0 Å². The van der Waals surface area contributed by atoms with Crippen LogP contribution in [-0.2, 0) is 6.42 Å². The van der Waals surface area contributed by atoms with Gasteiger partial charge in [0.1, 0.15) is 6.10 Å². The van der Waals surface area contributed by atoms with Crippen molar-refractivity contribution in [1.82, 2.24) is 0 Å². The van der Waals surface area contributed by atoms with Crippen LogP contribution >= 0.6 is 15.9 Å². The first-order valence-corrected chi connectivity index (χ1v) is 5.18. The van der Waals surface area contributed by atoms with Crippen molar-refractivity contribution in [2.24, 2.45) is 0 Å². The molecule has 15 heavy (non-hydrogen) atoms. The molecule has 0 heterocycles. The van der Waals surface area contributed by atoms with Gasteiger partial charge in [-0.05, 0) is 30.5 Å². The Morgan fingerprint density at radius 3 is 2.53 bits per heavy atom. The van der Waals surface area contributed by atoms with Gasteiger partial charge in [-0.15, -0.1) is 0 Å². The Balaban J connectivity index is 2.51. The van der Waals surface area contributed by atoms with Crippen LogP contribution < -0.4 is 0 Å². The van der Waals surface area contributed by atoms with Crippen LogP contribution in [0.3, 0.4) is 0 Å². The number of benzene rings is 1. The second-order valence-electron chi connectivity index (χ2n) is 3.23. The summed E-state index contributed by atoms with van der Waals surface area (Å²) in [5.41, 5.74) is 0.771. The van der Waals surface area contributed by atoms with Gasteiger partial charge in [-0.1, -0.05) is 28.1 Å². The third-order valence-electron chi connectivity index (χ3n) is 1.97. The average molecular weight is 283 g/mol. The van der Waals surface area contributed by atoms with Gasteiger partial charge in [-0.25, -0.2) is 0 Å². The molecule has 0 radical (unpaired) electrons. The van der Waals surface area contributed by atoms with Crippen LogP contribution in [0.4, 0.5) is 13.2 Å². The van der Waals surface area contributed by atoms with E-state index in [9.17, 15) is 13.2 Å². The van der Waals surface area contributed by atoms with Gasteiger partial charge in [0.25, 0.3) is 0 Å². The molecule has 0 aliphatic carbocycles. The maximum Gasteiger partial charge on any atom is 0.414 e. The highest BCUT2D eigenvalue weighted by molar-refractivity contribution is 9.10. The molecule has 0 saturated carbocycles. The van der Waals surface area contributed by atoms with Crippen LogP contribution in [0.15, 0.2) is 28.7 Å². The first-order chi connectivity index (χ1) is 6.89. The SMILES string of the molecule is O[C@@H](CCc1cccc(Br)c1)C(F)(F)F. The lowest BCUT2D eigenvalue weighted by Gasteiger charge is -2.14. The molecule has 0 bridgehead atoms. The third kappa shape index (κ3) is 4.22. The number of rotatable bonds is 3. The Morgan fingerprint density at radius 1 is 1.33 bits per heavy atom. The van der Waals surface area contributed by atoms with Crippen molar-refractivity contribution in [3.05, 3.63) is 34.3 Å². The lowest BCUT2D eigenvalue weighted by molar-refractivity contribution is -0.205. The summed E-state index contributed by atoms with van der Waals surface area (Å²) in [6.45, 7) is 0. The second-order valence-corrected chi connectivity index (χ2v) is 4.14. The fraction of sp³-hybridized carbons (Fsp3) is 0.400. The monoisotopic (exact) mass is 282 g/mol. The smallest absolute Gasteiger partial charge is 0.384 e. The van der Waals surface area contributed by atoms with Crippen molar-refractivity contribution in [2.75, 3.05) is 0 Å². The van der Waals surface area contributed by atoms with E-state index in [1.165, 1.54) is 0 Å². The molecule has 5 heteroatoms. The van der Waals surface area contributed by atoms with Gasteiger partial charge in [0, 0.05) is 4.47 Å². The number of aliphatic hydroxyl groups excluding tert-OH is 1. The highest BCUT2D eigenvalue weighted by atomic mass is 79.9. The maximum absolute atomic E-state index is 12.0. The normalized spacial score (nSPS) is 13.9. The number of alkyl halides is 3. The fourth-order valence-corrected chi connectivity index (χ4v) is 1.61. The first-order valence-electron chi connectivity index (χ1n) is 4.39. The van der Waals surface area contributed by atoms with Gasteiger partial charge >= 0.3 is 6.18 Å². The minimum absolute atomic E-state index is 0.208. The fourth-order valence-electron chi connectivity index (χ4n) is 1.16. The number of aliphatic hydroxyl groups is 1. The summed E-state index contributed by atoms with van der Waals surface area (Å²) in [7, 11) is 0. The molecule has 0 aliphatic heterocycles. The largest absolute Gasteiger partial charge is 0.414 e. The van der Waals surface area contributed by atoms with Crippen LogP contribution in [0.25, 0.3) is 0 Å². The van der Waals surface area contributed by atoms with Crippen molar-refractivity contribution in [3.8, 4) is 0 Å². The minimum atomic E-state index is -4.52. The number of hydrogen-bond donors (Lipinski definition) is 1. The van der Waals surface area contributed by atoms with E-state index >= 15 is 0 Å². The highest BCUT2D eigenvalue weighted by Crippen LogP contribution is 2.24. The van der Waals surface area contributed by atoms with E-state index in [0.29, 0.717) is 0 Å². The molecule has 0 unspecified atom stereocenters. The van der Waals surface area contributed by atoms with E-state index in [1.54, 1.807) is 24.3 Å². The van der Waals surface area contributed by atoms with Gasteiger partial charge in [0.15, 0.2) is 0 Å². The molecule has 0 amide bonds. The minimum Gasteiger partial charge on any atom is -0.384 e. The van der Waals surface area contributed by atoms with Crippen LogP contribution in [0.2, 0.25) is 0 Å². The molecule has 0 aromatic heterocycles. The standard InChI is InChI=1S/C10H10BrF3O/c11-8-3-1-2-7(6-8)4-5-9(15)10(12,13)14/h1-3,6,9,15H,4-5H2/t9-/m0/s1. The van der Waals surface area contributed by atoms with E-state index in [4.69, 9.17) is 5.11 Å². The van der Waals surface area contributed by atoms with Crippen molar-refractivity contribution in [2.45, 2.75) is 25.1 Å². The molecule has 0 spiro atoms. The first kappa shape index (κ1) is 12.5. The molecule has 1 aromatic carbocycles. The number of aryl methyl sites for hydroxylation is 1. The molecule has 0 aliphatic rings. The second kappa shape index (κ2) is 4.99. The van der Waals surface area contributed by atoms with E-state index in [0.717, 1.165) is 10.0 Å². The molecule has 1 aromatic rings. The molecule has 84 valence electrons. The molecule has 0 saturated heterocycles. The summed E-state index contributed by atoms with van der Waals surface area (Å²) in [6, 6.07) is 7.01. The Morgan fingerprint density at radius 2 is 2.00 bits per heavy atom. The van der Waals surface area contributed by atoms with Gasteiger partial charge < -0.3 is 5.11 Å². The molecule has 1 nitrogen and oxygen atoms in total. The van der Waals surface area contributed by atoms with Gasteiger partial charge in [0.2, 0.25) is 0 Å². The summed E-state index contributed by atoms with van der Waals surface area (Å²) in [4.78, 5) is 0. The Bertz CT molecular complexity index is 325. The van der Waals surface area contributed by atoms with Gasteiger partial charge in [0.05, 0.1) is 0 Å². The lowest BCUT2D eigenvalue weighted by atomic mass is 10.1. The Kier molecular flexibility index (Phi) is 4.16. The number of halogens is 4. The predicted octanol–water partition coefficient (Wildman–Crippen LogP) is 3.30. The molecule has 0 fully saturated rings. The summed E-state index contributed by atoms with van der Waals surface area (Å²) in [6.07, 6.45) is -6.86. The van der Waals surface area contributed by atoms with Crippen molar-refractivity contribution < 1.29 is 18.3 Å². The van der Waals surface area contributed by atoms with Crippen molar-refractivity contribution >= 4 is 15.9 Å². The topological polar surface area (TPSA) is 20.2 Å². The van der Waals surface area contributed by atoms with Crippen LogP contribution in [0.5, 0.6) is 0 Å². The average Bonchev–Trinajstić information content (AvgIpc) is 2.12. The zero-order valence-electron chi connectivity index (χ0n) is 7.76. The van der Waals surface area contributed by atoms with Crippen LogP contribution in [0, 0.1) is 0 Å². The molecular formula is C10H10BrF3O. The molecule has 1 N–H and O–H groups in total. The van der Waals surface area contributed by atoms with Crippen molar-refractivity contribution in [3.63, 3.8) is 0 Å². The quantitative estimate of drug-likeness (QED) is 0.902.